The van der Waals surface area contributed by atoms with Gasteiger partial charge in [0, 0.05) is 24.2 Å². The van der Waals surface area contributed by atoms with E-state index in [1.54, 1.807) is 0 Å². The second-order valence-electron chi connectivity index (χ2n) is 10.3. The maximum atomic E-state index is 15.2. The van der Waals surface area contributed by atoms with Crippen LogP contribution in [-0.2, 0) is 32.1 Å². The molecule has 0 radical (unpaired) electrons. The van der Waals surface area contributed by atoms with Crippen molar-refractivity contribution >= 4 is 18.1 Å². The number of carbonyl (C=O) groups is 3. The predicted molar refractivity (Wildman–Crippen MR) is 139 cm³/mol. The van der Waals surface area contributed by atoms with Crippen LogP contribution in [0.2, 0.25) is 0 Å². The Balaban J connectivity index is 1.72. The monoisotopic (exact) mass is 643 g/mol. The molecule has 0 aliphatic carbocycles. The van der Waals surface area contributed by atoms with E-state index in [1.807, 2.05) is 0 Å². The third-order valence-corrected chi connectivity index (χ3v) is 7.51. The molecule has 0 saturated carbocycles. The zero-order valence-corrected chi connectivity index (χ0v) is 23.2. The van der Waals surface area contributed by atoms with Crippen LogP contribution in [-0.4, -0.2) is 130 Å². The van der Waals surface area contributed by atoms with Gasteiger partial charge in [0.15, 0.2) is 12.3 Å². The maximum absolute atomic E-state index is 15.2. The number of halogens is 1. The Morgan fingerprint density at radius 2 is 1.67 bits per heavy atom. The van der Waals surface area contributed by atoms with Crippen molar-refractivity contribution in [2.24, 2.45) is 0 Å². The molecule has 4 rings (SSSR count). The van der Waals surface area contributed by atoms with Crippen LogP contribution in [0.1, 0.15) is 27.0 Å². The number of rotatable bonds is 9. The van der Waals surface area contributed by atoms with Crippen LogP contribution in [0.25, 0.3) is 0 Å². The van der Waals surface area contributed by atoms with Gasteiger partial charge in [-0.1, -0.05) is 18.2 Å². The molecule has 0 aromatic heterocycles. The molecule has 11 N–H and O–H groups in total. The number of aliphatic hydroxyl groups is 10. The lowest BCUT2D eigenvalue weighted by molar-refractivity contribution is -0.381. The van der Waals surface area contributed by atoms with Crippen molar-refractivity contribution in [3.05, 3.63) is 64.5 Å². The van der Waals surface area contributed by atoms with E-state index in [2.05, 4.69) is 0 Å². The van der Waals surface area contributed by atoms with Crippen molar-refractivity contribution in [2.45, 2.75) is 35.4 Å². The van der Waals surface area contributed by atoms with Gasteiger partial charge in [0.05, 0.1) is 24.3 Å². The van der Waals surface area contributed by atoms with Gasteiger partial charge in [0.2, 0.25) is 5.91 Å². The summed E-state index contributed by atoms with van der Waals surface area (Å²) >= 11 is 0. The molecule has 18 nitrogen and oxygen atoms in total. The van der Waals surface area contributed by atoms with Gasteiger partial charge >= 0.3 is 11.8 Å². The van der Waals surface area contributed by atoms with Crippen LogP contribution in [0.3, 0.4) is 0 Å². The van der Waals surface area contributed by atoms with E-state index in [-0.39, 0.29) is 37.5 Å². The van der Waals surface area contributed by atoms with Gasteiger partial charge in [-0.3, -0.25) is 19.7 Å². The summed E-state index contributed by atoms with van der Waals surface area (Å²) in [4.78, 5) is 37.3. The summed E-state index contributed by atoms with van der Waals surface area (Å²) in [5, 5.41) is 107. The summed E-state index contributed by atoms with van der Waals surface area (Å²) in [5.41, 5.74) is -3.24. The number of hydrogen-bond acceptors (Lipinski definition) is 17. The van der Waals surface area contributed by atoms with Gasteiger partial charge in [-0.15, -0.1) is 0 Å². The average Bonchev–Trinajstić information content (AvgIpc) is 2.96. The Bertz CT molecular complexity index is 1490. The van der Waals surface area contributed by atoms with E-state index in [4.69, 9.17) is 9.47 Å². The molecule has 1 atom stereocenters. The van der Waals surface area contributed by atoms with Crippen molar-refractivity contribution < 1.29 is 79.3 Å². The number of nitrogens with zero attached hydrogens (tertiary/aromatic N) is 2. The number of imide groups is 1. The van der Waals surface area contributed by atoms with Crippen molar-refractivity contribution in [3.8, 4) is 5.75 Å². The number of hydrogen-bond donors (Lipinski definition) is 11. The molecule has 1 unspecified atom stereocenters. The molecule has 2 aliphatic rings. The molecule has 2 fully saturated rings. The molecule has 19 heteroatoms. The van der Waals surface area contributed by atoms with Gasteiger partial charge < -0.3 is 60.5 Å². The topological polar surface area (TPSA) is 290 Å². The zero-order valence-electron chi connectivity index (χ0n) is 23.2. The minimum Gasteiger partial charge on any atom is -0.435 e. The molecule has 2 saturated heterocycles. The standard InChI is InChI=1S/C26H30FN3O15/c1-29(19-20(32)28-21(33)23(36,37)22(19,34)35)25(40,41)18-13(12-31)3-2-4-17(18)45-26(42,43)15-6-5-14(11-16(15)27)24(38,39)30-7-9-44-10-8-30/h2-6,11-12,19,34-43H,7-10H2,1H3,(H,28,32,33). The molecular weight excluding hydrogens is 613 g/mol. The summed E-state index contributed by atoms with van der Waals surface area (Å²) in [6.07, 6.45) is 0.00867. The SMILES string of the molecule is CN(C1C(=O)NC(=O)C(O)(O)C1(O)O)C(O)(O)c1c(C=O)cccc1OC(O)(O)c1ccc(C(O)(O)N2CCOCC2)cc1F. The Hall–Kier alpha value is -3.54. The van der Waals surface area contributed by atoms with E-state index in [0.717, 1.165) is 29.2 Å². The smallest absolute Gasteiger partial charge is 0.354 e. The number of amides is 2. The summed E-state index contributed by atoms with van der Waals surface area (Å²) in [5.74, 6) is -24.4. The molecule has 2 aromatic rings. The highest BCUT2D eigenvalue weighted by atomic mass is 19.1. The molecule has 2 aliphatic heterocycles. The highest BCUT2D eigenvalue weighted by Crippen LogP contribution is 2.40. The first-order chi connectivity index (χ1) is 20.7. The van der Waals surface area contributed by atoms with Crippen LogP contribution in [0.15, 0.2) is 36.4 Å². The molecule has 0 spiro atoms. The van der Waals surface area contributed by atoms with Crippen LogP contribution >= 0.6 is 0 Å². The van der Waals surface area contributed by atoms with E-state index in [0.29, 0.717) is 19.2 Å². The number of likely N-dealkylation sites (N-methyl/N-ethyl adjacent to an activating group) is 1. The molecule has 2 heterocycles. The second kappa shape index (κ2) is 11.7. The van der Waals surface area contributed by atoms with Crippen molar-refractivity contribution in [1.29, 1.82) is 0 Å². The molecule has 2 amide bonds. The van der Waals surface area contributed by atoms with Gasteiger partial charge in [-0.2, -0.15) is 0 Å². The Labute approximate surface area is 251 Å². The number of ether oxygens (including phenoxy) is 2. The minimum absolute atomic E-state index is 0.00867. The quantitative estimate of drug-likeness (QED) is 0.0691. The molecular formula is C26H30FN3O15. The predicted octanol–water partition coefficient (Wildman–Crippen LogP) is -5.35. The van der Waals surface area contributed by atoms with E-state index < -0.39 is 81.0 Å². The number of carbonyl (C=O) groups excluding carboxylic acids is 3. The fourth-order valence-corrected chi connectivity index (χ4v) is 4.95. The van der Waals surface area contributed by atoms with Crippen LogP contribution in [0.4, 0.5) is 4.39 Å². The first-order valence-electron chi connectivity index (χ1n) is 12.9. The number of aldehydes is 1. The first kappa shape index (κ1) is 34.3. The number of benzene rings is 2. The highest BCUT2D eigenvalue weighted by Gasteiger charge is 2.67. The molecule has 246 valence electrons. The van der Waals surface area contributed by atoms with Crippen molar-refractivity contribution in [1.82, 2.24) is 15.1 Å². The van der Waals surface area contributed by atoms with Crippen molar-refractivity contribution in [3.63, 3.8) is 0 Å². The zero-order chi connectivity index (χ0) is 33.8. The summed E-state index contributed by atoms with van der Waals surface area (Å²) in [6, 6.07) is 2.26. The van der Waals surface area contributed by atoms with Gasteiger partial charge in [-0.25, -0.2) is 14.2 Å². The Morgan fingerprint density at radius 3 is 2.24 bits per heavy atom. The third kappa shape index (κ3) is 5.81. The minimum atomic E-state index is -4.10. The van der Waals surface area contributed by atoms with Crippen molar-refractivity contribution in [2.75, 3.05) is 33.4 Å². The third-order valence-electron chi connectivity index (χ3n) is 7.51. The normalized spacial score (nSPS) is 21.0. The van der Waals surface area contributed by atoms with Crippen LogP contribution < -0.4 is 10.1 Å². The van der Waals surface area contributed by atoms with E-state index >= 15 is 4.39 Å². The average molecular weight is 644 g/mol. The second-order valence-corrected chi connectivity index (χ2v) is 10.3. The Kier molecular flexibility index (Phi) is 8.91. The summed E-state index contributed by atoms with van der Waals surface area (Å²) in [6.45, 7) is 0.457. The lowest BCUT2D eigenvalue weighted by Gasteiger charge is -2.48. The van der Waals surface area contributed by atoms with E-state index in [9.17, 15) is 65.4 Å². The lowest BCUT2D eigenvalue weighted by Crippen LogP contribution is -2.80. The fraction of sp³-hybridized carbons (Fsp3) is 0.423. The largest absolute Gasteiger partial charge is 0.435 e. The maximum Gasteiger partial charge on any atom is 0.354 e. The van der Waals surface area contributed by atoms with Crippen LogP contribution in [0, 0.1) is 5.82 Å². The molecule has 0 bridgehead atoms. The summed E-state index contributed by atoms with van der Waals surface area (Å²) in [7, 11) is 0.608. The van der Waals surface area contributed by atoms with E-state index in [1.165, 1.54) is 5.32 Å². The van der Waals surface area contributed by atoms with Gasteiger partial charge in [-0.05, 0) is 25.2 Å². The van der Waals surface area contributed by atoms with Crippen LogP contribution in [0.5, 0.6) is 5.75 Å². The lowest BCUT2D eigenvalue weighted by atomic mass is 9.89. The fourth-order valence-electron chi connectivity index (χ4n) is 4.95. The highest BCUT2D eigenvalue weighted by molar-refractivity contribution is 6.05. The number of piperidine rings is 1. The first-order valence-corrected chi connectivity index (χ1v) is 12.9. The van der Waals surface area contributed by atoms with Gasteiger partial charge in [0.25, 0.3) is 23.5 Å². The van der Waals surface area contributed by atoms with Gasteiger partial charge in [0.1, 0.15) is 11.6 Å². The summed E-state index contributed by atoms with van der Waals surface area (Å²) < 4.78 is 25.4. The number of nitrogens with one attached hydrogen (secondary N) is 1. The number of morpholine rings is 1. The Morgan fingerprint density at radius 1 is 1.04 bits per heavy atom. The molecule has 2 aromatic carbocycles. The molecule has 45 heavy (non-hydrogen) atoms.